The average Bonchev–Trinajstić information content (AvgIpc) is 2.20. The Morgan fingerprint density at radius 3 is 2.62 bits per heavy atom. The van der Waals surface area contributed by atoms with Crippen molar-refractivity contribution >= 4 is 17.2 Å². The van der Waals surface area contributed by atoms with Crippen LogP contribution in [0.4, 0.5) is 11.4 Å². The number of aliphatic hydroxyl groups is 1. The number of ketones is 1. The van der Waals surface area contributed by atoms with E-state index in [0.717, 1.165) is 5.69 Å². The smallest absolute Gasteiger partial charge is 0.161 e. The van der Waals surface area contributed by atoms with E-state index < -0.39 is 5.54 Å². The molecule has 0 bridgehead atoms. The molecule has 0 aromatic heterocycles. The molecule has 0 heterocycles. The van der Waals surface area contributed by atoms with Crippen LogP contribution in [0.3, 0.4) is 0 Å². The number of hydrogen-bond acceptors (Lipinski definition) is 4. The van der Waals surface area contributed by atoms with Crippen molar-refractivity contribution in [3.05, 3.63) is 23.8 Å². The highest BCUT2D eigenvalue weighted by molar-refractivity contribution is 6.00. The highest BCUT2D eigenvalue weighted by Gasteiger charge is 2.16. The zero-order chi connectivity index (χ0) is 12.3. The van der Waals surface area contributed by atoms with Gasteiger partial charge in [0, 0.05) is 16.9 Å². The summed E-state index contributed by atoms with van der Waals surface area (Å²) >= 11 is 0. The maximum atomic E-state index is 11.3. The molecular weight excluding hydrogens is 204 g/mol. The Morgan fingerprint density at radius 1 is 1.50 bits per heavy atom. The third-order valence-corrected chi connectivity index (χ3v) is 2.31. The molecule has 0 aliphatic heterocycles. The van der Waals surface area contributed by atoms with Crippen LogP contribution >= 0.6 is 0 Å². The van der Waals surface area contributed by atoms with Gasteiger partial charge in [-0.2, -0.15) is 0 Å². The average molecular weight is 222 g/mol. The van der Waals surface area contributed by atoms with Gasteiger partial charge < -0.3 is 16.2 Å². The number of nitrogen functional groups attached to an aromatic ring is 1. The molecule has 0 saturated carbocycles. The molecule has 4 N–H and O–H groups in total. The van der Waals surface area contributed by atoms with Gasteiger partial charge in [0.15, 0.2) is 5.78 Å². The molecule has 0 atom stereocenters. The van der Waals surface area contributed by atoms with Crippen LogP contribution in [-0.4, -0.2) is 23.0 Å². The molecule has 0 radical (unpaired) electrons. The lowest BCUT2D eigenvalue weighted by Gasteiger charge is -2.25. The minimum absolute atomic E-state index is 0.00673. The lowest BCUT2D eigenvalue weighted by atomic mass is 10.0. The highest BCUT2D eigenvalue weighted by atomic mass is 16.3. The van der Waals surface area contributed by atoms with Crippen LogP contribution in [0.15, 0.2) is 18.2 Å². The fraction of sp³-hybridized carbons (Fsp3) is 0.417. The fourth-order valence-corrected chi connectivity index (χ4v) is 1.37. The normalized spacial score (nSPS) is 11.2. The Bertz CT molecular complexity index is 400. The van der Waals surface area contributed by atoms with Gasteiger partial charge in [-0.15, -0.1) is 0 Å². The van der Waals surface area contributed by atoms with Crippen molar-refractivity contribution in [1.82, 2.24) is 0 Å². The van der Waals surface area contributed by atoms with E-state index in [1.807, 2.05) is 13.8 Å². The molecule has 1 aromatic rings. The molecule has 1 rings (SSSR count). The predicted octanol–water partition coefficient (Wildman–Crippen LogP) is 1.65. The second-order valence-electron chi connectivity index (χ2n) is 4.53. The minimum atomic E-state index is -0.426. The number of carbonyl (C=O) groups excluding carboxylic acids is 1. The zero-order valence-corrected chi connectivity index (χ0v) is 9.87. The third-order valence-electron chi connectivity index (χ3n) is 2.31. The van der Waals surface area contributed by atoms with E-state index in [1.54, 1.807) is 18.2 Å². The number of hydrogen-bond donors (Lipinski definition) is 3. The topological polar surface area (TPSA) is 75.3 Å². The van der Waals surface area contributed by atoms with E-state index in [0.29, 0.717) is 11.3 Å². The molecule has 0 aliphatic rings. The zero-order valence-electron chi connectivity index (χ0n) is 9.87. The summed E-state index contributed by atoms with van der Waals surface area (Å²) < 4.78 is 0. The Kier molecular flexibility index (Phi) is 3.55. The van der Waals surface area contributed by atoms with Crippen molar-refractivity contribution in [1.29, 1.82) is 0 Å². The number of rotatable bonds is 4. The summed E-state index contributed by atoms with van der Waals surface area (Å²) in [6.45, 7) is 5.23. The molecule has 1 aromatic carbocycles. The van der Waals surface area contributed by atoms with Crippen LogP contribution in [0.1, 0.15) is 31.1 Å². The van der Waals surface area contributed by atoms with Crippen LogP contribution in [0.25, 0.3) is 0 Å². The minimum Gasteiger partial charge on any atom is -0.398 e. The quantitative estimate of drug-likeness (QED) is 0.535. The first-order valence-electron chi connectivity index (χ1n) is 5.15. The van der Waals surface area contributed by atoms with Crippen molar-refractivity contribution in [2.24, 2.45) is 0 Å². The maximum absolute atomic E-state index is 11.3. The molecule has 88 valence electrons. The molecule has 16 heavy (non-hydrogen) atoms. The molecule has 4 nitrogen and oxygen atoms in total. The molecule has 0 saturated heterocycles. The summed E-state index contributed by atoms with van der Waals surface area (Å²) in [4.78, 5) is 11.3. The predicted molar refractivity (Wildman–Crippen MR) is 65.6 cm³/mol. The molecule has 0 amide bonds. The van der Waals surface area contributed by atoms with Gasteiger partial charge in [-0.05, 0) is 39.0 Å². The molecular formula is C12H18N2O2. The van der Waals surface area contributed by atoms with Gasteiger partial charge in [0.25, 0.3) is 0 Å². The lowest BCUT2D eigenvalue weighted by molar-refractivity contribution is 0.101. The summed E-state index contributed by atoms with van der Waals surface area (Å²) in [6.07, 6.45) is 0. The highest BCUT2D eigenvalue weighted by Crippen LogP contribution is 2.21. The van der Waals surface area contributed by atoms with Gasteiger partial charge in [0.1, 0.15) is 0 Å². The number of anilines is 2. The second-order valence-corrected chi connectivity index (χ2v) is 4.53. The Balaban J connectivity index is 3.00. The Morgan fingerprint density at radius 2 is 2.12 bits per heavy atom. The molecule has 0 aliphatic carbocycles. The van der Waals surface area contributed by atoms with Gasteiger partial charge in [0.05, 0.1) is 12.1 Å². The van der Waals surface area contributed by atoms with Crippen molar-refractivity contribution in [2.45, 2.75) is 26.3 Å². The van der Waals surface area contributed by atoms with Crippen LogP contribution in [-0.2, 0) is 0 Å². The largest absolute Gasteiger partial charge is 0.398 e. The molecule has 0 fully saturated rings. The Labute approximate surface area is 95.5 Å². The van der Waals surface area contributed by atoms with E-state index >= 15 is 0 Å². The molecule has 0 spiro atoms. The lowest BCUT2D eigenvalue weighted by Crippen LogP contribution is -2.34. The van der Waals surface area contributed by atoms with Crippen molar-refractivity contribution in [3.63, 3.8) is 0 Å². The first kappa shape index (κ1) is 12.5. The summed E-state index contributed by atoms with van der Waals surface area (Å²) in [5, 5.41) is 12.3. The summed E-state index contributed by atoms with van der Waals surface area (Å²) in [5.41, 5.74) is 7.01. The van der Waals surface area contributed by atoms with Crippen LogP contribution in [0, 0.1) is 0 Å². The second kappa shape index (κ2) is 4.53. The number of Topliss-reactive ketones (excluding diaryl/α,β-unsaturated/α-hetero) is 1. The van der Waals surface area contributed by atoms with Crippen molar-refractivity contribution in [2.75, 3.05) is 17.7 Å². The fourth-order valence-electron chi connectivity index (χ4n) is 1.37. The summed E-state index contributed by atoms with van der Waals surface area (Å²) in [7, 11) is 0. The third kappa shape index (κ3) is 2.97. The van der Waals surface area contributed by atoms with Crippen molar-refractivity contribution < 1.29 is 9.90 Å². The number of nitrogens with one attached hydrogen (secondary N) is 1. The number of carbonyl (C=O) groups is 1. The van der Waals surface area contributed by atoms with Gasteiger partial charge in [0.2, 0.25) is 0 Å². The van der Waals surface area contributed by atoms with E-state index in [4.69, 9.17) is 10.8 Å². The number of nitrogens with two attached hydrogens (primary N) is 1. The van der Waals surface area contributed by atoms with Crippen LogP contribution < -0.4 is 11.1 Å². The van der Waals surface area contributed by atoms with E-state index in [-0.39, 0.29) is 12.4 Å². The van der Waals surface area contributed by atoms with Crippen LogP contribution in [0.2, 0.25) is 0 Å². The Hall–Kier alpha value is -1.55. The molecule has 4 heteroatoms. The monoisotopic (exact) mass is 222 g/mol. The number of benzene rings is 1. The van der Waals surface area contributed by atoms with E-state index in [9.17, 15) is 4.79 Å². The van der Waals surface area contributed by atoms with Crippen LogP contribution in [0.5, 0.6) is 0 Å². The van der Waals surface area contributed by atoms with E-state index in [2.05, 4.69) is 5.32 Å². The summed E-state index contributed by atoms with van der Waals surface area (Å²) in [6, 6.07) is 5.18. The van der Waals surface area contributed by atoms with Gasteiger partial charge in [-0.25, -0.2) is 0 Å². The maximum Gasteiger partial charge on any atom is 0.161 e. The summed E-state index contributed by atoms with van der Waals surface area (Å²) in [5.74, 6) is -0.0667. The standard InChI is InChI=1S/C12H18N2O2/c1-8(16)10-6-9(4-5-11(10)13)14-12(2,3)7-15/h4-6,14-15H,7,13H2,1-3H3. The SMILES string of the molecule is CC(=O)c1cc(NC(C)(C)CO)ccc1N. The molecule has 0 unspecified atom stereocenters. The van der Waals surface area contributed by atoms with E-state index in [1.165, 1.54) is 6.92 Å². The first-order chi connectivity index (χ1) is 7.35. The van der Waals surface area contributed by atoms with Gasteiger partial charge in [-0.1, -0.05) is 0 Å². The number of aliphatic hydroxyl groups excluding tert-OH is 1. The van der Waals surface area contributed by atoms with Gasteiger partial charge in [-0.3, -0.25) is 4.79 Å². The first-order valence-corrected chi connectivity index (χ1v) is 5.15. The van der Waals surface area contributed by atoms with Crippen molar-refractivity contribution in [3.8, 4) is 0 Å². The van der Waals surface area contributed by atoms with Gasteiger partial charge >= 0.3 is 0 Å².